The molecule has 2 atom stereocenters. The van der Waals surface area contributed by atoms with Crippen LogP contribution < -0.4 is 10.1 Å². The lowest BCUT2D eigenvalue weighted by molar-refractivity contribution is -0.123. The second kappa shape index (κ2) is 9.75. The van der Waals surface area contributed by atoms with Crippen LogP contribution in [0.25, 0.3) is 0 Å². The monoisotopic (exact) mass is 349 g/mol. The molecule has 1 aliphatic heterocycles. The fourth-order valence-electron chi connectivity index (χ4n) is 3.35. The molecular weight excluding hydrogens is 318 g/mol. The van der Waals surface area contributed by atoms with E-state index >= 15 is 0 Å². The third-order valence-electron chi connectivity index (χ3n) is 4.78. The maximum atomic E-state index is 12.4. The number of carbonyl (C=O) groups excluding carboxylic acids is 1. The minimum absolute atomic E-state index is 0.0518. The van der Waals surface area contributed by atoms with Crippen LogP contribution in [-0.4, -0.2) is 75.3 Å². The minimum Gasteiger partial charge on any atom is -0.496 e. The zero-order chi connectivity index (χ0) is 18.2. The van der Waals surface area contributed by atoms with E-state index in [0.717, 1.165) is 44.1 Å². The van der Waals surface area contributed by atoms with Gasteiger partial charge in [0.2, 0.25) is 5.91 Å². The van der Waals surface area contributed by atoms with Crippen LogP contribution in [-0.2, 0) is 9.53 Å². The first kappa shape index (κ1) is 19.7. The van der Waals surface area contributed by atoms with Crippen LogP contribution >= 0.6 is 0 Å². The second-order valence-electron chi connectivity index (χ2n) is 6.64. The van der Waals surface area contributed by atoms with Crippen molar-refractivity contribution in [3.05, 3.63) is 29.8 Å². The van der Waals surface area contributed by atoms with Gasteiger partial charge in [0.05, 0.1) is 26.3 Å². The van der Waals surface area contributed by atoms with E-state index in [2.05, 4.69) is 22.0 Å². The quantitative estimate of drug-likeness (QED) is 0.771. The summed E-state index contributed by atoms with van der Waals surface area (Å²) in [7, 11) is 3.38. The van der Waals surface area contributed by atoms with Crippen molar-refractivity contribution in [2.45, 2.75) is 25.9 Å². The standard InChI is InChI=1S/C19H31N3O3/c1-15-13-21(9-10-22(15)11-12-24-3)14-19(23)20-16(2)17-7-5-6-8-18(17)25-4/h5-8,15-16H,9-14H2,1-4H3,(H,20,23)/t15-,16-/m0/s1. The van der Waals surface area contributed by atoms with E-state index in [-0.39, 0.29) is 11.9 Å². The van der Waals surface area contributed by atoms with Crippen molar-refractivity contribution in [3.63, 3.8) is 0 Å². The first-order chi connectivity index (χ1) is 12.0. The minimum atomic E-state index is -0.0796. The molecule has 1 N–H and O–H groups in total. The molecule has 0 radical (unpaired) electrons. The van der Waals surface area contributed by atoms with E-state index in [1.54, 1.807) is 14.2 Å². The van der Waals surface area contributed by atoms with Gasteiger partial charge in [-0.3, -0.25) is 14.6 Å². The van der Waals surface area contributed by atoms with Gasteiger partial charge in [-0.05, 0) is 19.9 Å². The molecule has 1 aliphatic rings. The molecule has 0 spiro atoms. The van der Waals surface area contributed by atoms with Crippen molar-refractivity contribution in [1.29, 1.82) is 0 Å². The van der Waals surface area contributed by atoms with Gasteiger partial charge in [0.1, 0.15) is 5.75 Å². The van der Waals surface area contributed by atoms with Gasteiger partial charge < -0.3 is 14.8 Å². The Morgan fingerprint density at radius 2 is 2.08 bits per heavy atom. The van der Waals surface area contributed by atoms with Crippen LogP contribution in [0, 0.1) is 0 Å². The van der Waals surface area contributed by atoms with Crippen molar-refractivity contribution in [2.24, 2.45) is 0 Å². The number of benzene rings is 1. The summed E-state index contributed by atoms with van der Waals surface area (Å²) >= 11 is 0. The fourth-order valence-corrected chi connectivity index (χ4v) is 3.35. The number of hydrogen-bond acceptors (Lipinski definition) is 5. The van der Waals surface area contributed by atoms with E-state index in [4.69, 9.17) is 9.47 Å². The smallest absolute Gasteiger partial charge is 0.234 e. The van der Waals surface area contributed by atoms with E-state index in [1.807, 2.05) is 31.2 Å². The second-order valence-corrected chi connectivity index (χ2v) is 6.64. The molecule has 2 rings (SSSR count). The summed E-state index contributed by atoms with van der Waals surface area (Å²) in [6, 6.07) is 8.15. The summed E-state index contributed by atoms with van der Waals surface area (Å²) in [5.74, 6) is 0.853. The molecule has 1 aromatic rings. The Morgan fingerprint density at radius 3 is 2.76 bits per heavy atom. The zero-order valence-corrected chi connectivity index (χ0v) is 15.8. The zero-order valence-electron chi connectivity index (χ0n) is 15.8. The molecule has 1 fully saturated rings. The molecule has 6 nitrogen and oxygen atoms in total. The number of methoxy groups -OCH3 is 2. The Labute approximate surface area is 151 Å². The number of para-hydroxylation sites is 1. The SMILES string of the molecule is COCCN1CCN(CC(=O)N[C@@H](C)c2ccccc2OC)C[C@@H]1C. The Kier molecular flexibility index (Phi) is 7.68. The number of hydrogen-bond donors (Lipinski definition) is 1. The number of piperazine rings is 1. The molecule has 1 heterocycles. The van der Waals surface area contributed by atoms with Crippen molar-refractivity contribution in [2.75, 3.05) is 53.6 Å². The van der Waals surface area contributed by atoms with Crippen molar-refractivity contribution in [1.82, 2.24) is 15.1 Å². The molecule has 0 aliphatic carbocycles. The molecule has 0 unspecified atom stereocenters. The maximum Gasteiger partial charge on any atom is 0.234 e. The molecular formula is C19H31N3O3. The van der Waals surface area contributed by atoms with Crippen LogP contribution in [0.4, 0.5) is 0 Å². The van der Waals surface area contributed by atoms with Crippen LogP contribution in [0.5, 0.6) is 5.75 Å². The highest BCUT2D eigenvalue weighted by atomic mass is 16.5. The van der Waals surface area contributed by atoms with Gasteiger partial charge in [-0.1, -0.05) is 18.2 Å². The Bertz CT molecular complexity index is 552. The van der Waals surface area contributed by atoms with Gasteiger partial charge in [0.15, 0.2) is 0 Å². The van der Waals surface area contributed by atoms with Crippen LogP contribution in [0.1, 0.15) is 25.5 Å². The number of amides is 1. The predicted molar refractivity (Wildman–Crippen MR) is 98.9 cm³/mol. The maximum absolute atomic E-state index is 12.4. The van der Waals surface area contributed by atoms with Crippen molar-refractivity contribution in [3.8, 4) is 5.75 Å². The van der Waals surface area contributed by atoms with Crippen LogP contribution in [0.3, 0.4) is 0 Å². The Morgan fingerprint density at radius 1 is 1.32 bits per heavy atom. The average molecular weight is 349 g/mol. The highest BCUT2D eigenvalue weighted by Crippen LogP contribution is 2.24. The van der Waals surface area contributed by atoms with Gasteiger partial charge >= 0.3 is 0 Å². The average Bonchev–Trinajstić information content (AvgIpc) is 2.60. The molecule has 6 heteroatoms. The van der Waals surface area contributed by atoms with Gasteiger partial charge in [0.25, 0.3) is 0 Å². The van der Waals surface area contributed by atoms with Crippen LogP contribution in [0.15, 0.2) is 24.3 Å². The summed E-state index contributed by atoms with van der Waals surface area (Å²) in [4.78, 5) is 17.1. The van der Waals surface area contributed by atoms with E-state index in [1.165, 1.54) is 0 Å². The lowest BCUT2D eigenvalue weighted by Gasteiger charge is -2.39. The number of nitrogens with one attached hydrogen (secondary N) is 1. The summed E-state index contributed by atoms with van der Waals surface area (Å²) in [5.41, 5.74) is 0.996. The molecule has 1 amide bonds. The van der Waals surface area contributed by atoms with E-state index < -0.39 is 0 Å². The molecule has 1 aromatic carbocycles. The molecule has 1 saturated heterocycles. The predicted octanol–water partition coefficient (Wildman–Crippen LogP) is 1.52. The number of nitrogens with zero attached hydrogens (tertiary/aromatic N) is 2. The molecule has 25 heavy (non-hydrogen) atoms. The molecule has 140 valence electrons. The van der Waals surface area contributed by atoms with Gasteiger partial charge in [-0.15, -0.1) is 0 Å². The van der Waals surface area contributed by atoms with E-state index in [0.29, 0.717) is 12.6 Å². The summed E-state index contributed by atoms with van der Waals surface area (Å²) < 4.78 is 10.5. The van der Waals surface area contributed by atoms with E-state index in [9.17, 15) is 4.79 Å². The number of rotatable bonds is 8. The summed E-state index contributed by atoms with van der Waals surface area (Å²) in [6.45, 7) is 9.11. The third kappa shape index (κ3) is 5.70. The summed E-state index contributed by atoms with van der Waals surface area (Å²) in [5, 5.41) is 3.08. The van der Waals surface area contributed by atoms with Gasteiger partial charge in [-0.25, -0.2) is 0 Å². The Hall–Kier alpha value is -1.63. The van der Waals surface area contributed by atoms with Crippen molar-refractivity contribution >= 4 is 5.91 Å². The Balaban J connectivity index is 1.82. The largest absolute Gasteiger partial charge is 0.496 e. The lowest BCUT2D eigenvalue weighted by atomic mass is 10.1. The normalized spacial score (nSPS) is 20.2. The molecule has 0 aromatic heterocycles. The van der Waals surface area contributed by atoms with Gasteiger partial charge in [-0.2, -0.15) is 0 Å². The van der Waals surface area contributed by atoms with Crippen LogP contribution in [0.2, 0.25) is 0 Å². The summed E-state index contributed by atoms with van der Waals surface area (Å²) in [6.07, 6.45) is 0. The van der Waals surface area contributed by atoms with Crippen molar-refractivity contribution < 1.29 is 14.3 Å². The lowest BCUT2D eigenvalue weighted by Crippen LogP contribution is -2.54. The number of ether oxygens (including phenoxy) is 2. The fraction of sp³-hybridized carbons (Fsp3) is 0.632. The molecule has 0 saturated carbocycles. The molecule has 0 bridgehead atoms. The highest BCUT2D eigenvalue weighted by Gasteiger charge is 2.25. The highest BCUT2D eigenvalue weighted by molar-refractivity contribution is 5.78. The third-order valence-corrected chi connectivity index (χ3v) is 4.78. The first-order valence-corrected chi connectivity index (χ1v) is 8.92. The topological polar surface area (TPSA) is 54.0 Å². The number of carbonyl (C=O) groups is 1. The first-order valence-electron chi connectivity index (χ1n) is 8.92. The van der Waals surface area contributed by atoms with Gasteiger partial charge in [0, 0.05) is 44.9 Å².